The van der Waals surface area contributed by atoms with Crippen molar-refractivity contribution >= 4 is 5.91 Å². The molecule has 0 bridgehead atoms. The second kappa shape index (κ2) is 10.7. The van der Waals surface area contributed by atoms with Gasteiger partial charge < -0.3 is 9.64 Å². The highest BCUT2D eigenvalue weighted by atomic mass is 16.5. The fourth-order valence-electron chi connectivity index (χ4n) is 2.76. The van der Waals surface area contributed by atoms with Gasteiger partial charge in [-0.05, 0) is 42.5 Å². The maximum atomic E-state index is 12.9. The maximum absolute atomic E-state index is 12.9. The number of carbonyl (C=O) groups is 1. The van der Waals surface area contributed by atoms with E-state index in [1.54, 1.807) is 6.20 Å². The number of hydrogen-bond acceptors (Lipinski definition) is 3. The van der Waals surface area contributed by atoms with Crippen molar-refractivity contribution in [3.8, 4) is 0 Å². The Bertz CT molecular complexity index is 656. The Morgan fingerprint density at radius 1 is 1.08 bits per heavy atom. The minimum absolute atomic E-state index is 0.0181. The van der Waals surface area contributed by atoms with Crippen molar-refractivity contribution in [2.45, 2.75) is 59.2 Å². The molecule has 0 aliphatic rings. The standard InChI is InChI=1S/C22H30N2O2/c1-4-6-14-26-18(3)22(25)24(17-21-8-7-13-23-15-21)16-20-11-9-19(5-2)10-12-20/h7-13,15,18H,4-6,14,16-17H2,1-3H3. The highest BCUT2D eigenvalue weighted by Gasteiger charge is 2.21. The van der Waals surface area contributed by atoms with E-state index < -0.39 is 6.10 Å². The van der Waals surface area contributed by atoms with Crippen LogP contribution in [0.15, 0.2) is 48.8 Å². The minimum atomic E-state index is -0.437. The summed E-state index contributed by atoms with van der Waals surface area (Å²) in [6.07, 6.45) is 6.16. The predicted octanol–water partition coefficient (Wildman–Crippen LogP) is 4.38. The number of unbranched alkanes of at least 4 members (excludes halogenated alkanes) is 1. The summed E-state index contributed by atoms with van der Waals surface area (Å²) in [5, 5.41) is 0. The lowest BCUT2D eigenvalue weighted by molar-refractivity contribution is -0.144. The summed E-state index contributed by atoms with van der Waals surface area (Å²) in [7, 11) is 0. The van der Waals surface area contributed by atoms with Gasteiger partial charge in [0.05, 0.1) is 0 Å². The molecule has 0 saturated heterocycles. The minimum Gasteiger partial charge on any atom is -0.369 e. The van der Waals surface area contributed by atoms with Crippen molar-refractivity contribution in [2.24, 2.45) is 0 Å². The Balaban J connectivity index is 2.10. The number of benzene rings is 1. The first-order valence-electron chi connectivity index (χ1n) is 9.51. The molecule has 1 heterocycles. The van der Waals surface area contributed by atoms with Gasteiger partial charge in [0.25, 0.3) is 5.91 Å². The number of aryl methyl sites for hydroxylation is 1. The first-order valence-corrected chi connectivity index (χ1v) is 9.51. The van der Waals surface area contributed by atoms with E-state index >= 15 is 0 Å². The van der Waals surface area contributed by atoms with E-state index in [9.17, 15) is 4.79 Å². The third-order valence-corrected chi connectivity index (χ3v) is 4.43. The molecule has 0 fully saturated rings. The van der Waals surface area contributed by atoms with Crippen LogP contribution < -0.4 is 0 Å². The van der Waals surface area contributed by atoms with Gasteiger partial charge >= 0.3 is 0 Å². The lowest BCUT2D eigenvalue weighted by atomic mass is 10.1. The number of aromatic nitrogens is 1. The monoisotopic (exact) mass is 354 g/mol. The molecule has 4 heteroatoms. The predicted molar refractivity (Wildman–Crippen MR) is 105 cm³/mol. The third-order valence-electron chi connectivity index (χ3n) is 4.43. The summed E-state index contributed by atoms with van der Waals surface area (Å²) < 4.78 is 5.73. The molecule has 1 atom stereocenters. The molecule has 1 aromatic heterocycles. The summed E-state index contributed by atoms with van der Waals surface area (Å²) in [6, 6.07) is 12.4. The normalized spacial score (nSPS) is 12.0. The lowest BCUT2D eigenvalue weighted by Crippen LogP contribution is -2.38. The van der Waals surface area contributed by atoms with E-state index in [0.29, 0.717) is 19.7 Å². The molecule has 1 amide bonds. The number of amides is 1. The Labute approximate surface area is 157 Å². The van der Waals surface area contributed by atoms with Crippen molar-refractivity contribution in [2.75, 3.05) is 6.61 Å². The molecule has 0 radical (unpaired) electrons. The van der Waals surface area contributed by atoms with Crippen molar-refractivity contribution < 1.29 is 9.53 Å². The van der Waals surface area contributed by atoms with Crippen molar-refractivity contribution in [3.05, 3.63) is 65.5 Å². The maximum Gasteiger partial charge on any atom is 0.252 e. The average molecular weight is 354 g/mol. The van der Waals surface area contributed by atoms with Crippen LogP contribution in [0.1, 0.15) is 50.3 Å². The Kier molecular flexibility index (Phi) is 8.29. The fraction of sp³-hybridized carbons (Fsp3) is 0.455. The molecular formula is C22H30N2O2. The quantitative estimate of drug-likeness (QED) is 0.595. The van der Waals surface area contributed by atoms with Gasteiger partial charge in [-0.1, -0.05) is 50.6 Å². The van der Waals surface area contributed by atoms with Crippen molar-refractivity contribution in [3.63, 3.8) is 0 Å². The molecule has 2 aromatic rings. The van der Waals surface area contributed by atoms with E-state index in [2.05, 4.69) is 43.1 Å². The van der Waals surface area contributed by atoms with Crippen LogP contribution in [0.4, 0.5) is 0 Å². The Morgan fingerprint density at radius 3 is 2.38 bits per heavy atom. The number of pyridine rings is 1. The average Bonchev–Trinajstić information content (AvgIpc) is 2.68. The highest BCUT2D eigenvalue weighted by Crippen LogP contribution is 2.14. The zero-order valence-corrected chi connectivity index (χ0v) is 16.1. The molecule has 1 unspecified atom stereocenters. The fourth-order valence-corrected chi connectivity index (χ4v) is 2.76. The third kappa shape index (κ3) is 6.26. The zero-order valence-electron chi connectivity index (χ0n) is 16.1. The van der Waals surface area contributed by atoms with Gasteiger partial charge in [-0.2, -0.15) is 0 Å². The molecule has 26 heavy (non-hydrogen) atoms. The molecule has 0 spiro atoms. The van der Waals surface area contributed by atoms with Crippen LogP contribution in [0.3, 0.4) is 0 Å². The SMILES string of the molecule is CCCCOC(C)C(=O)N(Cc1ccc(CC)cc1)Cc1cccnc1. The van der Waals surface area contributed by atoms with E-state index in [-0.39, 0.29) is 5.91 Å². The van der Waals surface area contributed by atoms with Gasteiger partial charge in [0.15, 0.2) is 0 Å². The summed E-state index contributed by atoms with van der Waals surface area (Å²) in [5.74, 6) is 0.0181. The van der Waals surface area contributed by atoms with E-state index in [0.717, 1.165) is 30.4 Å². The number of carbonyl (C=O) groups excluding carboxylic acids is 1. The molecule has 1 aromatic carbocycles. The molecule has 2 rings (SSSR count). The topological polar surface area (TPSA) is 42.4 Å². The first-order chi connectivity index (χ1) is 12.6. The van der Waals surface area contributed by atoms with Crippen LogP contribution in [0.25, 0.3) is 0 Å². The second-order valence-electron chi connectivity index (χ2n) is 6.59. The second-order valence-corrected chi connectivity index (χ2v) is 6.59. The molecule has 140 valence electrons. The smallest absolute Gasteiger partial charge is 0.252 e. The van der Waals surface area contributed by atoms with Gasteiger partial charge in [-0.25, -0.2) is 0 Å². The van der Waals surface area contributed by atoms with Gasteiger partial charge in [-0.15, -0.1) is 0 Å². The van der Waals surface area contributed by atoms with Crippen LogP contribution in [-0.2, 0) is 29.0 Å². The molecule has 0 aliphatic heterocycles. The summed E-state index contributed by atoms with van der Waals surface area (Å²) >= 11 is 0. The number of rotatable bonds is 10. The largest absolute Gasteiger partial charge is 0.369 e. The van der Waals surface area contributed by atoms with Crippen LogP contribution >= 0.6 is 0 Å². The van der Waals surface area contributed by atoms with Crippen LogP contribution in [0.2, 0.25) is 0 Å². The number of nitrogens with zero attached hydrogens (tertiary/aromatic N) is 2. The van der Waals surface area contributed by atoms with Crippen molar-refractivity contribution in [1.29, 1.82) is 0 Å². The van der Waals surface area contributed by atoms with Gasteiger partial charge in [0.1, 0.15) is 6.10 Å². The highest BCUT2D eigenvalue weighted by molar-refractivity contribution is 5.80. The number of hydrogen-bond donors (Lipinski definition) is 0. The molecule has 0 saturated carbocycles. The number of ether oxygens (including phenoxy) is 1. The molecule has 4 nitrogen and oxygen atoms in total. The first kappa shape index (κ1) is 20.1. The summed E-state index contributed by atoms with van der Waals surface area (Å²) in [5.41, 5.74) is 3.45. The van der Waals surface area contributed by atoms with Crippen LogP contribution in [0.5, 0.6) is 0 Å². The summed E-state index contributed by atoms with van der Waals surface area (Å²) in [4.78, 5) is 19.0. The van der Waals surface area contributed by atoms with E-state index in [1.165, 1.54) is 5.56 Å². The van der Waals surface area contributed by atoms with Crippen LogP contribution in [0, 0.1) is 0 Å². The molecular weight excluding hydrogens is 324 g/mol. The van der Waals surface area contributed by atoms with Gasteiger partial charge in [0, 0.05) is 32.1 Å². The zero-order chi connectivity index (χ0) is 18.8. The van der Waals surface area contributed by atoms with Crippen molar-refractivity contribution in [1.82, 2.24) is 9.88 Å². The van der Waals surface area contributed by atoms with Gasteiger partial charge in [0.2, 0.25) is 0 Å². The van der Waals surface area contributed by atoms with E-state index in [1.807, 2.05) is 30.2 Å². The van der Waals surface area contributed by atoms with Crippen LogP contribution in [-0.4, -0.2) is 28.5 Å². The molecule has 0 N–H and O–H groups in total. The Morgan fingerprint density at radius 2 is 1.77 bits per heavy atom. The Hall–Kier alpha value is -2.20. The lowest BCUT2D eigenvalue weighted by Gasteiger charge is -2.26. The molecule has 0 aliphatic carbocycles. The summed E-state index contributed by atoms with van der Waals surface area (Å²) in [6.45, 7) is 7.82. The van der Waals surface area contributed by atoms with Gasteiger partial charge in [-0.3, -0.25) is 9.78 Å². The van der Waals surface area contributed by atoms with E-state index in [4.69, 9.17) is 4.74 Å².